The Morgan fingerprint density at radius 3 is 2.21 bits per heavy atom. The monoisotopic (exact) mass is 332 g/mol. The van der Waals surface area contributed by atoms with Crippen LogP contribution in [0.2, 0.25) is 0 Å². The second-order valence-electron chi connectivity index (χ2n) is 9.18. The Morgan fingerprint density at radius 1 is 0.917 bits per heavy atom. The van der Waals surface area contributed by atoms with E-state index in [1.54, 1.807) is 4.90 Å². The highest BCUT2D eigenvalue weighted by Gasteiger charge is 2.56. The van der Waals surface area contributed by atoms with E-state index in [1.165, 1.54) is 25.7 Å². The molecule has 4 rings (SSSR count). The van der Waals surface area contributed by atoms with Gasteiger partial charge in [-0.3, -0.25) is 14.5 Å². The smallest absolute Gasteiger partial charge is 0.229 e. The Labute approximate surface area is 145 Å². The molecular formula is C20H32N2O2. The molecule has 0 aromatic heterocycles. The zero-order valence-electron chi connectivity index (χ0n) is 15.2. The van der Waals surface area contributed by atoms with Gasteiger partial charge in [0.25, 0.3) is 0 Å². The molecule has 4 heteroatoms. The summed E-state index contributed by atoms with van der Waals surface area (Å²) in [5.74, 6) is 1.91. The molecule has 3 saturated carbocycles. The van der Waals surface area contributed by atoms with E-state index in [2.05, 4.69) is 19.2 Å². The molecule has 3 atom stereocenters. The summed E-state index contributed by atoms with van der Waals surface area (Å²) < 4.78 is 0. The van der Waals surface area contributed by atoms with Gasteiger partial charge < -0.3 is 5.32 Å². The standard InChI is InChI=1S/C20H32N2O2/c1-20(2)16-6-4-3-5-15(16)19(20)21-13-7-9-14(10-8-13)22-17(23)11-12-18(22)24/h13-16,19,21H,3-12H2,1-2H3/t13?,14?,15-,16+,19+/m1/s1. The largest absolute Gasteiger partial charge is 0.310 e. The van der Waals surface area contributed by atoms with Crippen molar-refractivity contribution in [3.63, 3.8) is 0 Å². The summed E-state index contributed by atoms with van der Waals surface area (Å²) in [6, 6.07) is 1.41. The maximum absolute atomic E-state index is 11.9. The van der Waals surface area contributed by atoms with Crippen LogP contribution in [0.5, 0.6) is 0 Å². The molecule has 1 N–H and O–H groups in total. The topological polar surface area (TPSA) is 49.4 Å². The van der Waals surface area contributed by atoms with E-state index in [0.29, 0.717) is 30.3 Å². The van der Waals surface area contributed by atoms with Crippen molar-refractivity contribution in [1.29, 1.82) is 0 Å². The molecule has 2 amide bonds. The molecule has 0 aromatic rings. The summed E-state index contributed by atoms with van der Waals surface area (Å²) in [6.45, 7) is 4.90. The summed E-state index contributed by atoms with van der Waals surface area (Å²) >= 11 is 0. The minimum Gasteiger partial charge on any atom is -0.310 e. The maximum Gasteiger partial charge on any atom is 0.229 e. The van der Waals surface area contributed by atoms with Crippen molar-refractivity contribution >= 4 is 11.8 Å². The first-order chi connectivity index (χ1) is 11.5. The lowest BCUT2D eigenvalue weighted by Crippen LogP contribution is -2.66. The zero-order chi connectivity index (χ0) is 16.9. The number of fused-ring (bicyclic) bond motifs is 1. The summed E-state index contributed by atoms with van der Waals surface area (Å²) in [5, 5.41) is 3.99. The van der Waals surface area contributed by atoms with Gasteiger partial charge in [-0.1, -0.05) is 26.7 Å². The van der Waals surface area contributed by atoms with Gasteiger partial charge >= 0.3 is 0 Å². The first-order valence-corrected chi connectivity index (χ1v) is 10.1. The number of nitrogens with zero attached hydrogens (tertiary/aromatic N) is 1. The number of hydrogen-bond donors (Lipinski definition) is 1. The van der Waals surface area contributed by atoms with E-state index in [4.69, 9.17) is 0 Å². The van der Waals surface area contributed by atoms with Crippen molar-refractivity contribution < 1.29 is 9.59 Å². The summed E-state index contributed by atoms with van der Waals surface area (Å²) in [6.07, 6.45) is 10.7. The minimum absolute atomic E-state index is 0.0570. The van der Waals surface area contributed by atoms with Crippen molar-refractivity contribution in [3.8, 4) is 0 Å². The van der Waals surface area contributed by atoms with Crippen LogP contribution in [0.1, 0.15) is 78.1 Å². The average Bonchev–Trinajstić information content (AvgIpc) is 2.92. The molecule has 0 aromatic carbocycles. The SMILES string of the molecule is CC1(C)[C@H]2CCCC[C@H]2[C@@H]1NC1CCC(N2C(=O)CCC2=O)CC1. The predicted molar refractivity (Wildman–Crippen MR) is 93.3 cm³/mol. The third-order valence-corrected chi connectivity index (χ3v) is 7.57. The van der Waals surface area contributed by atoms with Crippen LogP contribution in [0.4, 0.5) is 0 Å². The highest BCUT2D eigenvalue weighted by molar-refractivity contribution is 6.02. The number of likely N-dealkylation sites (tertiary alicyclic amines) is 1. The van der Waals surface area contributed by atoms with Gasteiger partial charge in [-0.2, -0.15) is 0 Å². The van der Waals surface area contributed by atoms with Crippen molar-refractivity contribution in [2.24, 2.45) is 17.3 Å². The van der Waals surface area contributed by atoms with Gasteiger partial charge in [0.05, 0.1) is 0 Å². The van der Waals surface area contributed by atoms with Crippen molar-refractivity contribution in [2.45, 2.75) is 96.2 Å². The molecule has 1 aliphatic heterocycles. The van der Waals surface area contributed by atoms with Crippen LogP contribution in [0.3, 0.4) is 0 Å². The fourth-order valence-electron chi connectivity index (χ4n) is 6.24. The number of nitrogens with one attached hydrogen (secondary N) is 1. The fourth-order valence-corrected chi connectivity index (χ4v) is 6.24. The van der Waals surface area contributed by atoms with Gasteiger partial charge in [0, 0.05) is 31.0 Å². The normalized spacial score (nSPS) is 41.9. The molecule has 134 valence electrons. The molecule has 0 radical (unpaired) electrons. The molecular weight excluding hydrogens is 300 g/mol. The van der Waals surface area contributed by atoms with Crippen LogP contribution in [0.25, 0.3) is 0 Å². The lowest BCUT2D eigenvalue weighted by molar-refractivity contribution is -0.142. The van der Waals surface area contributed by atoms with Gasteiger partial charge in [0.2, 0.25) is 11.8 Å². The Bertz CT molecular complexity index is 506. The lowest BCUT2D eigenvalue weighted by Gasteiger charge is -2.62. The number of rotatable bonds is 3. The van der Waals surface area contributed by atoms with E-state index < -0.39 is 0 Å². The third kappa shape index (κ3) is 2.61. The van der Waals surface area contributed by atoms with E-state index in [9.17, 15) is 9.59 Å². The highest BCUT2D eigenvalue weighted by atomic mass is 16.2. The Kier molecular flexibility index (Phi) is 4.22. The van der Waals surface area contributed by atoms with Gasteiger partial charge in [-0.05, 0) is 55.8 Å². The molecule has 0 spiro atoms. The van der Waals surface area contributed by atoms with Crippen molar-refractivity contribution in [3.05, 3.63) is 0 Å². The number of carbonyl (C=O) groups excluding carboxylic acids is 2. The van der Waals surface area contributed by atoms with Crippen molar-refractivity contribution in [2.75, 3.05) is 0 Å². The first kappa shape index (κ1) is 16.6. The van der Waals surface area contributed by atoms with Gasteiger partial charge in [-0.15, -0.1) is 0 Å². The van der Waals surface area contributed by atoms with Crippen LogP contribution in [0, 0.1) is 17.3 Å². The Balaban J connectivity index is 1.32. The fraction of sp³-hybridized carbons (Fsp3) is 0.900. The molecule has 4 nitrogen and oxygen atoms in total. The second kappa shape index (κ2) is 6.12. The number of imide groups is 1. The molecule has 1 heterocycles. The van der Waals surface area contributed by atoms with E-state index in [-0.39, 0.29) is 17.9 Å². The van der Waals surface area contributed by atoms with E-state index in [0.717, 1.165) is 37.5 Å². The molecule has 0 unspecified atom stereocenters. The number of hydrogen-bond acceptors (Lipinski definition) is 3. The summed E-state index contributed by atoms with van der Waals surface area (Å²) in [7, 11) is 0. The van der Waals surface area contributed by atoms with Crippen LogP contribution in [-0.4, -0.2) is 34.8 Å². The highest BCUT2D eigenvalue weighted by Crippen LogP contribution is 2.57. The average molecular weight is 332 g/mol. The Hall–Kier alpha value is -0.900. The zero-order valence-corrected chi connectivity index (χ0v) is 15.2. The first-order valence-electron chi connectivity index (χ1n) is 10.1. The van der Waals surface area contributed by atoms with Crippen LogP contribution in [0.15, 0.2) is 0 Å². The molecule has 4 aliphatic rings. The quantitative estimate of drug-likeness (QED) is 0.807. The maximum atomic E-state index is 11.9. The molecule has 4 fully saturated rings. The molecule has 24 heavy (non-hydrogen) atoms. The molecule has 1 saturated heterocycles. The van der Waals surface area contributed by atoms with Gasteiger partial charge in [0.15, 0.2) is 0 Å². The summed E-state index contributed by atoms with van der Waals surface area (Å²) in [5.41, 5.74) is 0.433. The lowest BCUT2D eigenvalue weighted by atomic mass is 9.47. The molecule has 3 aliphatic carbocycles. The van der Waals surface area contributed by atoms with Crippen LogP contribution < -0.4 is 5.32 Å². The van der Waals surface area contributed by atoms with Gasteiger partial charge in [0.1, 0.15) is 0 Å². The van der Waals surface area contributed by atoms with Gasteiger partial charge in [-0.25, -0.2) is 0 Å². The van der Waals surface area contributed by atoms with Crippen LogP contribution in [-0.2, 0) is 9.59 Å². The second-order valence-corrected chi connectivity index (χ2v) is 9.18. The number of carbonyl (C=O) groups is 2. The third-order valence-electron chi connectivity index (χ3n) is 7.57. The van der Waals surface area contributed by atoms with Crippen LogP contribution >= 0.6 is 0 Å². The van der Waals surface area contributed by atoms with E-state index in [1.807, 2.05) is 0 Å². The Morgan fingerprint density at radius 2 is 1.54 bits per heavy atom. The van der Waals surface area contributed by atoms with Crippen molar-refractivity contribution in [1.82, 2.24) is 10.2 Å². The predicted octanol–water partition coefficient (Wildman–Crippen LogP) is 3.25. The van der Waals surface area contributed by atoms with E-state index >= 15 is 0 Å². The summed E-state index contributed by atoms with van der Waals surface area (Å²) in [4.78, 5) is 25.4. The minimum atomic E-state index is 0.0570. The molecule has 0 bridgehead atoms. The number of amides is 2.